The highest BCUT2D eigenvalue weighted by Gasteiger charge is 2.22. The number of rotatable bonds is 3. The molecule has 7 heteroatoms. The molecule has 0 fully saturated rings. The van der Waals surface area contributed by atoms with Crippen LogP contribution in [-0.4, -0.2) is 28.0 Å². The van der Waals surface area contributed by atoms with Crippen molar-refractivity contribution in [2.75, 3.05) is 12.4 Å². The van der Waals surface area contributed by atoms with Crippen LogP contribution in [0.4, 0.5) is 5.13 Å². The van der Waals surface area contributed by atoms with Crippen molar-refractivity contribution < 1.29 is 9.53 Å². The van der Waals surface area contributed by atoms with Crippen molar-refractivity contribution in [3.8, 4) is 17.0 Å². The summed E-state index contributed by atoms with van der Waals surface area (Å²) in [6.07, 6.45) is 5.14. The van der Waals surface area contributed by atoms with Crippen molar-refractivity contribution in [3.63, 3.8) is 0 Å². The number of anilines is 1. The van der Waals surface area contributed by atoms with E-state index in [9.17, 15) is 4.79 Å². The van der Waals surface area contributed by atoms with Gasteiger partial charge in [-0.2, -0.15) is 0 Å². The van der Waals surface area contributed by atoms with Crippen molar-refractivity contribution in [1.29, 1.82) is 0 Å². The molecule has 2 heterocycles. The zero-order valence-corrected chi connectivity index (χ0v) is 15.9. The summed E-state index contributed by atoms with van der Waals surface area (Å²) in [6.45, 7) is 0. The lowest BCUT2D eigenvalue weighted by molar-refractivity contribution is 0.102. The summed E-state index contributed by atoms with van der Waals surface area (Å²) in [6, 6.07) is 11.4. The summed E-state index contributed by atoms with van der Waals surface area (Å²) in [5.41, 5.74) is 5.25. The number of carbonyl (C=O) groups is 1. The molecule has 0 radical (unpaired) electrons. The second-order valence-electron chi connectivity index (χ2n) is 6.53. The summed E-state index contributed by atoms with van der Waals surface area (Å²) in [5.74, 6) is 0.604. The predicted molar refractivity (Wildman–Crippen MR) is 109 cm³/mol. The monoisotopic (exact) mass is 388 g/mol. The Kier molecular flexibility index (Phi) is 4.02. The van der Waals surface area contributed by atoms with Crippen molar-refractivity contribution in [2.24, 2.45) is 0 Å². The number of nitrogens with one attached hydrogen (secondary N) is 1. The van der Waals surface area contributed by atoms with Gasteiger partial charge in [-0.05, 0) is 48.7 Å². The first-order valence-electron chi connectivity index (χ1n) is 8.90. The minimum absolute atomic E-state index is 0.204. The molecule has 0 bridgehead atoms. The largest absolute Gasteiger partial charge is 0.497 e. The molecule has 1 amide bonds. The van der Waals surface area contributed by atoms with E-state index in [0.29, 0.717) is 16.2 Å². The van der Waals surface area contributed by atoms with Crippen LogP contribution in [0.3, 0.4) is 0 Å². The van der Waals surface area contributed by atoms with Crippen LogP contribution in [0.15, 0.2) is 48.8 Å². The Morgan fingerprint density at radius 2 is 1.93 bits per heavy atom. The molecule has 0 unspecified atom stereocenters. The quantitative estimate of drug-likeness (QED) is 0.571. The predicted octanol–water partition coefficient (Wildman–Crippen LogP) is 4.11. The number of fused-ring (bicyclic) bond motifs is 4. The van der Waals surface area contributed by atoms with E-state index in [0.717, 1.165) is 35.4 Å². The molecule has 1 N–H and O–H groups in total. The summed E-state index contributed by atoms with van der Waals surface area (Å²) in [5, 5.41) is 3.53. The van der Waals surface area contributed by atoms with Gasteiger partial charge in [0.15, 0.2) is 5.13 Å². The van der Waals surface area contributed by atoms with Gasteiger partial charge in [0, 0.05) is 28.4 Å². The van der Waals surface area contributed by atoms with Gasteiger partial charge in [-0.25, -0.2) is 4.98 Å². The zero-order chi connectivity index (χ0) is 19.1. The van der Waals surface area contributed by atoms with E-state index in [2.05, 4.69) is 21.4 Å². The van der Waals surface area contributed by atoms with Crippen molar-refractivity contribution in [3.05, 3.63) is 64.8 Å². The van der Waals surface area contributed by atoms with Gasteiger partial charge in [0.25, 0.3) is 5.91 Å². The number of thiazole rings is 1. The fraction of sp³-hybridized carbons (Fsp3) is 0.143. The number of hydrogen-bond donors (Lipinski definition) is 1. The van der Waals surface area contributed by atoms with E-state index < -0.39 is 0 Å². The minimum atomic E-state index is -0.204. The first-order chi connectivity index (χ1) is 13.7. The maximum Gasteiger partial charge on any atom is 0.257 e. The third-order valence-electron chi connectivity index (χ3n) is 4.84. The second-order valence-corrected chi connectivity index (χ2v) is 7.61. The van der Waals surface area contributed by atoms with Crippen molar-refractivity contribution >= 4 is 33.4 Å². The number of aryl methyl sites for hydroxylation is 2. The lowest BCUT2D eigenvalue weighted by Gasteiger charge is -2.15. The molecule has 2 aromatic heterocycles. The maximum absolute atomic E-state index is 12.7. The highest BCUT2D eigenvalue weighted by Crippen LogP contribution is 2.39. The van der Waals surface area contributed by atoms with Crippen LogP contribution in [0.5, 0.6) is 5.75 Å². The third-order valence-corrected chi connectivity index (χ3v) is 5.87. The number of hydrogen-bond acceptors (Lipinski definition) is 6. The minimum Gasteiger partial charge on any atom is -0.497 e. The first-order valence-corrected chi connectivity index (χ1v) is 9.72. The number of nitrogens with zero attached hydrogens (tertiary/aromatic N) is 3. The highest BCUT2D eigenvalue weighted by molar-refractivity contribution is 7.16. The van der Waals surface area contributed by atoms with E-state index in [4.69, 9.17) is 9.72 Å². The van der Waals surface area contributed by atoms with Gasteiger partial charge in [0.1, 0.15) is 5.75 Å². The molecule has 28 heavy (non-hydrogen) atoms. The number of methoxy groups -OCH3 is 1. The first kappa shape index (κ1) is 16.8. The summed E-state index contributed by atoms with van der Waals surface area (Å²) >= 11 is 1.53. The number of carbonyl (C=O) groups excluding carboxylic acids is 1. The standard InChI is InChI=1S/C21H16N4O2S/c1-27-14-5-2-12-4-7-18-19(15(12)11-14)24-21(28-18)25-20(26)13-3-6-16-17(10-13)23-9-8-22-16/h2-3,5-6,8-11H,4,7H2,1H3,(H,24,25,26). The normalized spacial score (nSPS) is 12.3. The average Bonchev–Trinajstić information content (AvgIpc) is 3.16. The van der Waals surface area contributed by atoms with E-state index >= 15 is 0 Å². The molecule has 0 aliphatic heterocycles. The van der Waals surface area contributed by atoms with Crippen LogP contribution in [0.2, 0.25) is 0 Å². The van der Waals surface area contributed by atoms with Crippen molar-refractivity contribution in [2.45, 2.75) is 12.8 Å². The van der Waals surface area contributed by atoms with Crippen LogP contribution in [0.25, 0.3) is 22.3 Å². The SMILES string of the molecule is COc1ccc2c(c1)-c1nc(NC(=O)c3ccc4nccnc4c3)sc1CC2. The molecule has 6 nitrogen and oxygen atoms in total. The molecule has 1 aliphatic rings. The van der Waals surface area contributed by atoms with Crippen LogP contribution < -0.4 is 10.1 Å². The smallest absolute Gasteiger partial charge is 0.257 e. The van der Waals surface area contributed by atoms with Gasteiger partial charge < -0.3 is 4.74 Å². The van der Waals surface area contributed by atoms with Gasteiger partial charge in [0.05, 0.1) is 23.8 Å². The molecule has 4 aromatic rings. The number of amides is 1. The second kappa shape index (κ2) is 6.69. The third kappa shape index (κ3) is 2.90. The topological polar surface area (TPSA) is 77.0 Å². The lowest BCUT2D eigenvalue weighted by Crippen LogP contribution is -2.11. The lowest BCUT2D eigenvalue weighted by atomic mass is 9.93. The Balaban J connectivity index is 1.45. The van der Waals surface area contributed by atoms with Crippen molar-refractivity contribution in [1.82, 2.24) is 15.0 Å². The summed E-state index contributed by atoms with van der Waals surface area (Å²) in [4.78, 5) is 27.1. The molecule has 0 saturated carbocycles. The zero-order valence-electron chi connectivity index (χ0n) is 15.1. The molecule has 0 spiro atoms. The van der Waals surface area contributed by atoms with Gasteiger partial charge >= 0.3 is 0 Å². The molecule has 5 rings (SSSR count). The molecule has 138 valence electrons. The Morgan fingerprint density at radius 1 is 1.07 bits per heavy atom. The summed E-state index contributed by atoms with van der Waals surface area (Å²) in [7, 11) is 1.66. The Hall–Kier alpha value is -3.32. The molecule has 0 saturated heterocycles. The number of ether oxygens (including phenoxy) is 1. The average molecular weight is 388 g/mol. The van der Waals surface area contributed by atoms with E-state index in [1.807, 2.05) is 12.1 Å². The molecule has 2 aromatic carbocycles. The Bertz CT molecular complexity index is 1220. The van der Waals surface area contributed by atoms with Gasteiger partial charge in [-0.1, -0.05) is 6.07 Å². The van der Waals surface area contributed by atoms with Crippen LogP contribution in [0.1, 0.15) is 20.8 Å². The van der Waals surface area contributed by atoms with Gasteiger partial charge in [0.2, 0.25) is 0 Å². The van der Waals surface area contributed by atoms with Crippen LogP contribution in [0, 0.1) is 0 Å². The van der Waals surface area contributed by atoms with Crippen LogP contribution in [-0.2, 0) is 12.8 Å². The molecule has 0 atom stereocenters. The number of benzene rings is 2. The van der Waals surface area contributed by atoms with Gasteiger partial charge in [-0.3, -0.25) is 20.1 Å². The van der Waals surface area contributed by atoms with Crippen LogP contribution >= 0.6 is 11.3 Å². The summed E-state index contributed by atoms with van der Waals surface area (Å²) < 4.78 is 5.35. The fourth-order valence-electron chi connectivity index (χ4n) is 3.43. The van der Waals surface area contributed by atoms with E-state index in [-0.39, 0.29) is 5.91 Å². The van der Waals surface area contributed by atoms with E-state index in [1.54, 1.807) is 37.7 Å². The highest BCUT2D eigenvalue weighted by atomic mass is 32.1. The Morgan fingerprint density at radius 3 is 2.79 bits per heavy atom. The van der Waals surface area contributed by atoms with Gasteiger partial charge in [-0.15, -0.1) is 11.3 Å². The van der Waals surface area contributed by atoms with E-state index in [1.165, 1.54) is 21.8 Å². The maximum atomic E-state index is 12.7. The fourth-order valence-corrected chi connectivity index (χ4v) is 4.40. The number of aromatic nitrogens is 3. The Labute approximate surface area is 165 Å². The molecular formula is C21H16N4O2S. The molecule has 1 aliphatic carbocycles. The molecular weight excluding hydrogens is 372 g/mol.